The number of carboxylic acids is 1. The van der Waals surface area contributed by atoms with Gasteiger partial charge in [0.25, 0.3) is 10.0 Å². The van der Waals surface area contributed by atoms with Crippen LogP contribution in [0.5, 0.6) is 11.5 Å². The first-order valence-electron chi connectivity index (χ1n) is 10.6. The van der Waals surface area contributed by atoms with Crippen molar-refractivity contribution in [3.05, 3.63) is 48.0 Å². The molecule has 0 saturated heterocycles. The highest BCUT2D eigenvalue weighted by Crippen LogP contribution is 2.48. The molecular formula is C23H27F3N2O7S. The van der Waals surface area contributed by atoms with E-state index in [1.807, 2.05) is 13.8 Å². The first-order chi connectivity index (χ1) is 16.7. The summed E-state index contributed by atoms with van der Waals surface area (Å²) >= 11 is 0. The number of alkyl halides is 3. The minimum Gasteiger partial charge on any atom is -0.493 e. The number of amides is 1. The Hall–Kier alpha value is -3.48. The number of hydrogen-bond acceptors (Lipinski definition) is 6. The average Bonchev–Trinajstić information content (AvgIpc) is 3.60. The van der Waals surface area contributed by atoms with Crippen molar-refractivity contribution in [3.63, 3.8) is 0 Å². The molecule has 3 N–H and O–H groups in total. The van der Waals surface area contributed by atoms with Crippen LogP contribution in [0.3, 0.4) is 0 Å². The summed E-state index contributed by atoms with van der Waals surface area (Å²) in [5.74, 6) is -1.96. The lowest BCUT2D eigenvalue weighted by Gasteiger charge is -2.18. The zero-order valence-electron chi connectivity index (χ0n) is 20.0. The predicted molar refractivity (Wildman–Crippen MR) is 125 cm³/mol. The standard InChI is InChI=1S/C21H26N2O5S.C2HF3O2/c1-14(2)22-20(24)21(11-12-21)15-5-7-16(8-6-15)23-29(25,26)17-9-10-18(27-3)19(13-17)28-4;3-2(4,5)1(6)7/h5-10,13-14,23H,11-12H2,1-4H3,(H,22,24);(H,6,7). The molecule has 0 unspecified atom stereocenters. The highest BCUT2D eigenvalue weighted by atomic mass is 32.2. The fraction of sp³-hybridized carbons (Fsp3) is 0.391. The molecule has 0 bridgehead atoms. The van der Waals surface area contributed by atoms with Crippen LogP contribution in [0.15, 0.2) is 47.4 Å². The molecule has 0 atom stereocenters. The molecule has 13 heteroatoms. The van der Waals surface area contributed by atoms with Gasteiger partial charge in [0.2, 0.25) is 5.91 Å². The number of rotatable bonds is 8. The van der Waals surface area contributed by atoms with Crippen LogP contribution in [0.2, 0.25) is 0 Å². The average molecular weight is 533 g/mol. The Morgan fingerprint density at radius 1 is 1.00 bits per heavy atom. The van der Waals surface area contributed by atoms with Crippen molar-refractivity contribution in [1.82, 2.24) is 5.32 Å². The van der Waals surface area contributed by atoms with Crippen LogP contribution in [0.4, 0.5) is 18.9 Å². The number of sulfonamides is 1. The van der Waals surface area contributed by atoms with Gasteiger partial charge in [-0.25, -0.2) is 13.2 Å². The van der Waals surface area contributed by atoms with Crippen molar-refractivity contribution in [3.8, 4) is 11.5 Å². The number of carboxylic acid groups (broad SMARTS) is 1. The predicted octanol–water partition coefficient (Wildman–Crippen LogP) is 3.69. The summed E-state index contributed by atoms with van der Waals surface area (Å²) in [6.45, 7) is 3.86. The normalized spacial score (nSPS) is 14.2. The molecule has 198 valence electrons. The second-order valence-electron chi connectivity index (χ2n) is 8.21. The summed E-state index contributed by atoms with van der Waals surface area (Å²) in [5, 5.41) is 10.1. The number of nitrogens with one attached hydrogen (secondary N) is 2. The van der Waals surface area contributed by atoms with Crippen LogP contribution < -0.4 is 19.5 Å². The molecule has 0 radical (unpaired) electrons. The summed E-state index contributed by atoms with van der Waals surface area (Å²) in [4.78, 5) is 21.5. The second kappa shape index (κ2) is 11.1. The second-order valence-corrected chi connectivity index (χ2v) is 9.90. The Bertz CT molecular complexity index is 1190. The van der Waals surface area contributed by atoms with Crippen LogP contribution in [0.1, 0.15) is 32.3 Å². The number of ether oxygens (including phenoxy) is 2. The van der Waals surface area contributed by atoms with Crippen LogP contribution in [0, 0.1) is 0 Å². The first kappa shape index (κ1) is 28.8. The molecule has 1 fully saturated rings. The fourth-order valence-corrected chi connectivity index (χ4v) is 4.30. The van der Waals surface area contributed by atoms with Crippen molar-refractivity contribution >= 4 is 27.6 Å². The number of carbonyl (C=O) groups is 2. The van der Waals surface area contributed by atoms with Crippen molar-refractivity contribution in [2.45, 2.75) is 49.2 Å². The van der Waals surface area contributed by atoms with E-state index in [0.29, 0.717) is 17.2 Å². The summed E-state index contributed by atoms with van der Waals surface area (Å²) in [5.41, 5.74) is 0.818. The molecular weight excluding hydrogens is 505 g/mol. The van der Waals surface area contributed by atoms with Gasteiger partial charge in [0.15, 0.2) is 11.5 Å². The van der Waals surface area contributed by atoms with Crippen molar-refractivity contribution in [2.75, 3.05) is 18.9 Å². The lowest BCUT2D eigenvalue weighted by Crippen LogP contribution is -2.38. The molecule has 0 aliphatic heterocycles. The van der Waals surface area contributed by atoms with Crippen LogP contribution in [-0.4, -0.2) is 51.8 Å². The fourth-order valence-electron chi connectivity index (χ4n) is 3.23. The largest absolute Gasteiger partial charge is 0.493 e. The molecule has 9 nitrogen and oxygen atoms in total. The van der Waals surface area contributed by atoms with E-state index in [1.54, 1.807) is 30.3 Å². The molecule has 1 aliphatic rings. The number of hydrogen-bond donors (Lipinski definition) is 3. The van der Waals surface area contributed by atoms with Gasteiger partial charge in [0.05, 0.1) is 24.5 Å². The third-order valence-corrected chi connectivity index (χ3v) is 6.58. The smallest absolute Gasteiger partial charge is 0.490 e. The van der Waals surface area contributed by atoms with Gasteiger partial charge in [-0.3, -0.25) is 9.52 Å². The molecule has 1 amide bonds. The molecule has 1 saturated carbocycles. The van der Waals surface area contributed by atoms with Gasteiger partial charge in [-0.2, -0.15) is 13.2 Å². The van der Waals surface area contributed by atoms with Gasteiger partial charge in [0.1, 0.15) is 0 Å². The monoisotopic (exact) mass is 532 g/mol. The van der Waals surface area contributed by atoms with Crippen LogP contribution >= 0.6 is 0 Å². The van der Waals surface area contributed by atoms with Gasteiger partial charge in [-0.05, 0) is 56.5 Å². The lowest BCUT2D eigenvalue weighted by atomic mass is 9.94. The maximum absolute atomic E-state index is 12.7. The molecule has 0 spiro atoms. The Balaban J connectivity index is 0.000000572. The van der Waals surface area contributed by atoms with E-state index in [2.05, 4.69) is 10.0 Å². The van der Waals surface area contributed by atoms with Gasteiger partial charge in [-0.15, -0.1) is 0 Å². The maximum Gasteiger partial charge on any atom is 0.490 e. The van der Waals surface area contributed by atoms with E-state index >= 15 is 0 Å². The van der Waals surface area contributed by atoms with Gasteiger partial charge in [0, 0.05) is 17.8 Å². The van der Waals surface area contributed by atoms with Crippen molar-refractivity contribution in [1.29, 1.82) is 0 Å². The zero-order chi connectivity index (χ0) is 27.3. The van der Waals surface area contributed by atoms with Crippen molar-refractivity contribution < 1.29 is 45.8 Å². The third-order valence-electron chi connectivity index (χ3n) is 5.20. The molecule has 2 aromatic carbocycles. The van der Waals surface area contributed by atoms with E-state index in [4.69, 9.17) is 19.4 Å². The number of halogens is 3. The molecule has 36 heavy (non-hydrogen) atoms. The number of methoxy groups -OCH3 is 2. The van der Waals surface area contributed by atoms with E-state index in [9.17, 15) is 26.4 Å². The molecule has 1 aliphatic carbocycles. The summed E-state index contributed by atoms with van der Waals surface area (Å²) < 4.78 is 70.1. The van der Waals surface area contributed by atoms with E-state index in [0.717, 1.165) is 18.4 Å². The quantitative estimate of drug-likeness (QED) is 0.473. The number of carbonyl (C=O) groups excluding carboxylic acids is 1. The number of anilines is 1. The van der Waals surface area contributed by atoms with Gasteiger partial charge >= 0.3 is 12.1 Å². The highest BCUT2D eigenvalue weighted by molar-refractivity contribution is 7.92. The van der Waals surface area contributed by atoms with E-state index in [-0.39, 0.29) is 16.8 Å². The molecule has 0 aromatic heterocycles. The molecule has 0 heterocycles. The Kier molecular flexibility index (Phi) is 8.84. The maximum atomic E-state index is 12.7. The zero-order valence-corrected chi connectivity index (χ0v) is 20.8. The van der Waals surface area contributed by atoms with Crippen LogP contribution in [-0.2, 0) is 25.0 Å². The van der Waals surface area contributed by atoms with Gasteiger partial charge in [-0.1, -0.05) is 12.1 Å². The topological polar surface area (TPSA) is 131 Å². The van der Waals surface area contributed by atoms with E-state index < -0.39 is 27.6 Å². The molecule has 3 rings (SSSR count). The first-order valence-corrected chi connectivity index (χ1v) is 12.1. The van der Waals surface area contributed by atoms with E-state index in [1.165, 1.54) is 26.4 Å². The third kappa shape index (κ3) is 7.03. The minimum atomic E-state index is -5.08. The summed E-state index contributed by atoms with van der Waals surface area (Å²) in [6, 6.07) is 11.4. The summed E-state index contributed by atoms with van der Waals surface area (Å²) in [7, 11) is -0.867. The number of benzene rings is 2. The number of aliphatic carboxylic acids is 1. The molecule has 2 aromatic rings. The summed E-state index contributed by atoms with van der Waals surface area (Å²) in [6.07, 6.45) is -3.50. The SMILES string of the molecule is COc1ccc(S(=O)(=O)Nc2ccc(C3(C(=O)NC(C)C)CC3)cc2)cc1OC.O=C(O)C(F)(F)F. The van der Waals surface area contributed by atoms with Crippen LogP contribution in [0.25, 0.3) is 0 Å². The van der Waals surface area contributed by atoms with Crippen molar-refractivity contribution in [2.24, 2.45) is 0 Å². The minimum absolute atomic E-state index is 0.0196. The Labute approximate surface area is 206 Å². The Morgan fingerprint density at radius 2 is 1.53 bits per heavy atom. The highest BCUT2D eigenvalue weighted by Gasteiger charge is 2.51. The Morgan fingerprint density at radius 3 is 1.94 bits per heavy atom. The lowest BCUT2D eigenvalue weighted by molar-refractivity contribution is -0.192. The van der Waals surface area contributed by atoms with Gasteiger partial charge < -0.3 is 19.9 Å².